The maximum atomic E-state index is 12.7. The number of rotatable bonds is 8. The van der Waals surface area contributed by atoms with E-state index in [1.54, 1.807) is 31.3 Å². The fraction of sp³-hybridized carbons (Fsp3) is 0.200. The second-order valence-electron chi connectivity index (χ2n) is 6.92. The third-order valence-electron chi connectivity index (χ3n) is 4.87. The van der Waals surface area contributed by atoms with Gasteiger partial charge in [-0.1, -0.05) is 61.5 Å². The minimum atomic E-state index is -0.238. The summed E-state index contributed by atoms with van der Waals surface area (Å²) in [6.07, 6.45) is 0.949. The van der Waals surface area contributed by atoms with Gasteiger partial charge in [0.15, 0.2) is 6.61 Å². The number of likely N-dealkylation sites (N-methyl/N-ethyl adjacent to an activating group) is 1. The molecule has 3 aromatic rings. The minimum Gasteiger partial charge on any atom is -0.484 e. The Kier molecular flexibility index (Phi) is 7.22. The number of aryl methyl sites for hydroxylation is 1. The van der Waals surface area contributed by atoms with Crippen molar-refractivity contribution in [3.63, 3.8) is 0 Å². The van der Waals surface area contributed by atoms with Crippen molar-refractivity contribution in [1.29, 1.82) is 0 Å². The highest BCUT2D eigenvalue weighted by Crippen LogP contribution is 2.20. The molecule has 3 aromatic carbocycles. The Labute approximate surface area is 177 Å². The van der Waals surface area contributed by atoms with Gasteiger partial charge in [0, 0.05) is 13.6 Å². The fourth-order valence-electron chi connectivity index (χ4n) is 3.03. The zero-order valence-electron chi connectivity index (χ0n) is 17.3. The van der Waals surface area contributed by atoms with Crippen LogP contribution in [0.15, 0.2) is 78.9 Å². The summed E-state index contributed by atoms with van der Waals surface area (Å²) in [5.41, 5.74) is 3.20. The van der Waals surface area contributed by atoms with Crippen LogP contribution in [0.25, 0.3) is 0 Å². The van der Waals surface area contributed by atoms with Crippen molar-refractivity contribution in [2.45, 2.75) is 19.9 Å². The number of hydrogen-bond acceptors (Lipinski definition) is 3. The summed E-state index contributed by atoms with van der Waals surface area (Å²) in [5.74, 6) is 0.172. The van der Waals surface area contributed by atoms with E-state index in [-0.39, 0.29) is 18.4 Å². The number of anilines is 1. The van der Waals surface area contributed by atoms with E-state index in [0.717, 1.165) is 12.0 Å². The third kappa shape index (κ3) is 5.47. The molecule has 30 heavy (non-hydrogen) atoms. The van der Waals surface area contributed by atoms with E-state index in [1.165, 1.54) is 10.5 Å². The van der Waals surface area contributed by atoms with Gasteiger partial charge in [0.2, 0.25) is 0 Å². The van der Waals surface area contributed by atoms with E-state index in [0.29, 0.717) is 23.5 Å². The number of nitrogens with zero attached hydrogens (tertiary/aromatic N) is 1. The van der Waals surface area contributed by atoms with Crippen LogP contribution in [0.4, 0.5) is 5.69 Å². The molecule has 0 atom stereocenters. The van der Waals surface area contributed by atoms with Crippen LogP contribution in [-0.4, -0.2) is 25.5 Å². The van der Waals surface area contributed by atoms with E-state index >= 15 is 0 Å². The first-order valence-electron chi connectivity index (χ1n) is 9.98. The highest BCUT2D eigenvalue weighted by atomic mass is 16.5. The number of benzene rings is 3. The second kappa shape index (κ2) is 10.3. The summed E-state index contributed by atoms with van der Waals surface area (Å²) < 4.78 is 5.62. The molecule has 0 heterocycles. The van der Waals surface area contributed by atoms with Crippen molar-refractivity contribution in [3.05, 3.63) is 95.6 Å². The number of amides is 2. The molecular formula is C25H26N2O3. The molecule has 0 aliphatic rings. The minimum absolute atomic E-state index is 0.109. The molecule has 3 rings (SSSR count). The van der Waals surface area contributed by atoms with E-state index < -0.39 is 0 Å². The average Bonchev–Trinajstić information content (AvgIpc) is 2.81. The lowest BCUT2D eigenvalue weighted by molar-refractivity contribution is -0.120. The Morgan fingerprint density at radius 1 is 0.867 bits per heavy atom. The van der Waals surface area contributed by atoms with Gasteiger partial charge >= 0.3 is 0 Å². The monoisotopic (exact) mass is 402 g/mol. The normalized spacial score (nSPS) is 10.3. The molecule has 0 aliphatic carbocycles. The molecule has 0 aliphatic heterocycles. The van der Waals surface area contributed by atoms with E-state index in [1.807, 2.05) is 54.6 Å². The van der Waals surface area contributed by atoms with Gasteiger partial charge in [0.05, 0.1) is 11.3 Å². The van der Waals surface area contributed by atoms with Gasteiger partial charge in [-0.3, -0.25) is 9.59 Å². The van der Waals surface area contributed by atoms with Crippen molar-refractivity contribution < 1.29 is 14.3 Å². The number of hydrogen-bond donors (Lipinski definition) is 1. The topological polar surface area (TPSA) is 58.6 Å². The lowest BCUT2D eigenvalue weighted by Gasteiger charge is -2.20. The molecule has 0 aromatic heterocycles. The number of ether oxygens (including phenoxy) is 1. The van der Waals surface area contributed by atoms with Crippen molar-refractivity contribution in [2.75, 3.05) is 18.6 Å². The third-order valence-corrected chi connectivity index (χ3v) is 4.87. The van der Waals surface area contributed by atoms with Crippen LogP contribution >= 0.6 is 0 Å². The fourth-order valence-corrected chi connectivity index (χ4v) is 3.03. The molecule has 5 nitrogen and oxygen atoms in total. The summed E-state index contributed by atoms with van der Waals surface area (Å²) in [6.45, 7) is 2.40. The second-order valence-corrected chi connectivity index (χ2v) is 6.92. The molecule has 0 radical (unpaired) electrons. The van der Waals surface area contributed by atoms with Gasteiger partial charge in [-0.15, -0.1) is 0 Å². The van der Waals surface area contributed by atoms with Gasteiger partial charge in [0.25, 0.3) is 11.8 Å². The molecule has 0 saturated carbocycles. The molecule has 0 fully saturated rings. The van der Waals surface area contributed by atoms with E-state index in [4.69, 9.17) is 4.74 Å². The van der Waals surface area contributed by atoms with Crippen molar-refractivity contribution >= 4 is 17.5 Å². The quantitative estimate of drug-likeness (QED) is 0.614. The Morgan fingerprint density at radius 3 is 2.23 bits per heavy atom. The molecular weight excluding hydrogens is 376 g/mol. The van der Waals surface area contributed by atoms with Crippen molar-refractivity contribution in [1.82, 2.24) is 5.32 Å². The molecule has 0 unspecified atom stereocenters. The summed E-state index contributed by atoms with van der Waals surface area (Å²) >= 11 is 0. The average molecular weight is 402 g/mol. The zero-order valence-corrected chi connectivity index (χ0v) is 17.3. The standard InChI is InChI=1S/C25H26N2O3/c1-3-19-13-15-21(16-14-19)30-18-24(28)27(2)23-12-8-7-11-22(23)25(29)26-17-20-9-5-4-6-10-20/h4-16H,3,17-18H2,1-2H3,(H,26,29). The Bertz CT molecular complexity index is 985. The zero-order chi connectivity index (χ0) is 21.3. The van der Waals surface area contributed by atoms with Crippen LogP contribution < -0.4 is 15.0 Å². The highest BCUT2D eigenvalue weighted by molar-refractivity contribution is 6.04. The largest absolute Gasteiger partial charge is 0.484 e. The molecule has 154 valence electrons. The molecule has 5 heteroatoms. The first kappa shape index (κ1) is 21.1. The van der Waals surface area contributed by atoms with Crippen LogP contribution in [0.2, 0.25) is 0 Å². The van der Waals surface area contributed by atoms with Crippen LogP contribution in [0.5, 0.6) is 5.75 Å². The van der Waals surface area contributed by atoms with Crippen LogP contribution in [-0.2, 0) is 17.8 Å². The van der Waals surface area contributed by atoms with Gasteiger partial charge in [0.1, 0.15) is 5.75 Å². The number of para-hydroxylation sites is 1. The molecule has 0 bridgehead atoms. The summed E-state index contributed by atoms with van der Waals surface area (Å²) in [7, 11) is 1.65. The van der Waals surface area contributed by atoms with Crippen molar-refractivity contribution in [2.24, 2.45) is 0 Å². The number of nitrogens with one attached hydrogen (secondary N) is 1. The first-order valence-corrected chi connectivity index (χ1v) is 9.98. The van der Waals surface area contributed by atoms with Gasteiger partial charge in [-0.05, 0) is 41.8 Å². The van der Waals surface area contributed by atoms with Gasteiger partial charge < -0.3 is 15.0 Å². The van der Waals surface area contributed by atoms with E-state index in [9.17, 15) is 9.59 Å². The van der Waals surface area contributed by atoms with Crippen LogP contribution in [0.3, 0.4) is 0 Å². The number of carbonyl (C=O) groups excluding carboxylic acids is 2. The molecule has 0 spiro atoms. The van der Waals surface area contributed by atoms with Crippen molar-refractivity contribution in [3.8, 4) is 5.75 Å². The van der Waals surface area contributed by atoms with Gasteiger partial charge in [-0.25, -0.2) is 0 Å². The lowest BCUT2D eigenvalue weighted by atomic mass is 10.1. The predicted octanol–water partition coefficient (Wildman–Crippen LogP) is 4.22. The smallest absolute Gasteiger partial charge is 0.264 e. The van der Waals surface area contributed by atoms with Gasteiger partial charge in [-0.2, -0.15) is 0 Å². The Hall–Kier alpha value is -3.60. The Morgan fingerprint density at radius 2 is 1.53 bits per heavy atom. The summed E-state index contributed by atoms with van der Waals surface area (Å²) in [5, 5.41) is 2.91. The van der Waals surface area contributed by atoms with Crippen LogP contribution in [0, 0.1) is 0 Å². The molecule has 2 amide bonds. The summed E-state index contributed by atoms with van der Waals surface area (Å²) in [6, 6.07) is 24.4. The summed E-state index contributed by atoms with van der Waals surface area (Å²) in [4.78, 5) is 26.8. The Balaban J connectivity index is 1.64. The lowest BCUT2D eigenvalue weighted by Crippen LogP contribution is -2.33. The first-order chi connectivity index (χ1) is 14.6. The highest BCUT2D eigenvalue weighted by Gasteiger charge is 2.18. The maximum Gasteiger partial charge on any atom is 0.264 e. The molecule has 1 N–H and O–H groups in total. The molecule has 0 saturated heterocycles. The van der Waals surface area contributed by atoms with Crippen LogP contribution in [0.1, 0.15) is 28.4 Å². The SMILES string of the molecule is CCc1ccc(OCC(=O)N(C)c2ccccc2C(=O)NCc2ccccc2)cc1. The number of carbonyl (C=O) groups is 2. The van der Waals surface area contributed by atoms with E-state index in [2.05, 4.69) is 12.2 Å². The predicted molar refractivity (Wildman–Crippen MR) is 119 cm³/mol. The maximum absolute atomic E-state index is 12.7.